The molecular weight excluding hydrogens is 367 g/mol. The lowest BCUT2D eigenvalue weighted by Crippen LogP contribution is -2.35. The molecule has 2 heterocycles. The third-order valence-electron chi connectivity index (χ3n) is 5.23. The highest BCUT2D eigenvalue weighted by Gasteiger charge is 2.25. The number of rotatable bonds is 5. The number of aromatic nitrogens is 2. The first kappa shape index (κ1) is 19.3. The van der Waals surface area contributed by atoms with Crippen molar-refractivity contribution in [1.29, 1.82) is 0 Å². The van der Waals surface area contributed by atoms with Crippen LogP contribution in [-0.4, -0.2) is 39.7 Å². The van der Waals surface area contributed by atoms with Gasteiger partial charge in [-0.15, -0.1) is 0 Å². The van der Waals surface area contributed by atoms with Crippen molar-refractivity contribution in [2.75, 3.05) is 13.1 Å². The Morgan fingerprint density at radius 3 is 2.83 bits per heavy atom. The van der Waals surface area contributed by atoms with Crippen molar-refractivity contribution in [3.63, 3.8) is 0 Å². The van der Waals surface area contributed by atoms with Gasteiger partial charge >= 0.3 is 0 Å². The van der Waals surface area contributed by atoms with Gasteiger partial charge < -0.3 is 5.32 Å². The summed E-state index contributed by atoms with van der Waals surface area (Å²) in [4.78, 5) is 13.7. The fraction of sp³-hybridized carbons (Fsp3) is 0.304. The predicted octanol–water partition coefficient (Wildman–Crippen LogP) is 3.70. The normalized spacial score (nSPS) is 16.9. The Kier molecular flexibility index (Phi) is 5.45. The number of benzene rings is 2. The monoisotopic (exact) mass is 392 g/mol. The molecule has 2 aromatic carbocycles. The van der Waals surface area contributed by atoms with Gasteiger partial charge in [-0.2, -0.15) is 5.10 Å². The molecule has 1 amide bonds. The maximum Gasteiger partial charge on any atom is 0.217 e. The van der Waals surface area contributed by atoms with E-state index in [2.05, 4.69) is 16.3 Å². The van der Waals surface area contributed by atoms with Crippen molar-refractivity contribution in [2.45, 2.75) is 32.9 Å². The Bertz CT molecular complexity index is 1030. The number of halogens is 1. The molecule has 0 unspecified atom stereocenters. The van der Waals surface area contributed by atoms with E-state index in [4.69, 9.17) is 5.10 Å². The zero-order valence-electron chi connectivity index (χ0n) is 16.7. The van der Waals surface area contributed by atoms with Crippen LogP contribution in [0, 0.1) is 12.7 Å². The van der Waals surface area contributed by atoms with E-state index >= 15 is 0 Å². The molecular formula is C23H25FN4O. The van der Waals surface area contributed by atoms with E-state index in [-0.39, 0.29) is 17.8 Å². The topological polar surface area (TPSA) is 50.2 Å². The van der Waals surface area contributed by atoms with Crippen LogP contribution in [0.4, 0.5) is 4.39 Å². The van der Waals surface area contributed by atoms with E-state index in [9.17, 15) is 9.18 Å². The molecule has 1 fully saturated rings. The van der Waals surface area contributed by atoms with Crippen molar-refractivity contribution in [3.8, 4) is 16.9 Å². The van der Waals surface area contributed by atoms with E-state index in [1.165, 1.54) is 12.1 Å². The van der Waals surface area contributed by atoms with Gasteiger partial charge in [-0.05, 0) is 43.2 Å². The minimum absolute atomic E-state index is 0.00423. The van der Waals surface area contributed by atoms with Gasteiger partial charge in [-0.1, -0.05) is 24.3 Å². The van der Waals surface area contributed by atoms with Crippen molar-refractivity contribution in [1.82, 2.24) is 20.0 Å². The molecule has 6 heteroatoms. The molecule has 5 nitrogen and oxygen atoms in total. The average molecular weight is 392 g/mol. The van der Waals surface area contributed by atoms with Crippen LogP contribution in [0.3, 0.4) is 0 Å². The molecule has 1 aliphatic heterocycles. The molecule has 1 saturated heterocycles. The third-order valence-corrected chi connectivity index (χ3v) is 5.23. The summed E-state index contributed by atoms with van der Waals surface area (Å²) in [5.74, 6) is -0.269. The number of amides is 1. The minimum atomic E-state index is -0.273. The van der Waals surface area contributed by atoms with E-state index < -0.39 is 0 Å². The SMILES string of the molecule is CC(=O)N[C@@H]1CCN(Cc2cn(-c3cccc(C)c3)nc2-c2cccc(F)c2)C1. The number of likely N-dealkylation sites (tertiary alicyclic amines) is 1. The van der Waals surface area contributed by atoms with Crippen LogP contribution in [-0.2, 0) is 11.3 Å². The van der Waals surface area contributed by atoms with Gasteiger partial charge in [0.2, 0.25) is 5.91 Å². The zero-order chi connectivity index (χ0) is 20.4. The van der Waals surface area contributed by atoms with Gasteiger partial charge in [0.25, 0.3) is 0 Å². The molecule has 1 atom stereocenters. The van der Waals surface area contributed by atoms with E-state index in [0.29, 0.717) is 6.54 Å². The van der Waals surface area contributed by atoms with E-state index in [1.807, 2.05) is 42.1 Å². The van der Waals surface area contributed by atoms with Crippen molar-refractivity contribution >= 4 is 5.91 Å². The summed E-state index contributed by atoms with van der Waals surface area (Å²) < 4.78 is 15.7. The maximum atomic E-state index is 13.9. The Balaban J connectivity index is 1.65. The second kappa shape index (κ2) is 8.17. The second-order valence-electron chi connectivity index (χ2n) is 7.72. The Labute approximate surface area is 170 Å². The molecule has 0 radical (unpaired) electrons. The standard InChI is InChI=1S/C23H25FN4O/c1-16-5-3-8-22(11-16)28-14-19(13-27-10-9-21(15-27)25-17(2)29)23(26-28)18-6-4-7-20(24)12-18/h3-8,11-12,14,21H,9-10,13,15H2,1-2H3,(H,25,29)/t21-/m1/s1. The summed E-state index contributed by atoms with van der Waals surface area (Å²) >= 11 is 0. The lowest BCUT2D eigenvalue weighted by atomic mass is 10.1. The average Bonchev–Trinajstić information content (AvgIpc) is 3.29. The number of hydrogen-bond acceptors (Lipinski definition) is 3. The summed E-state index contributed by atoms with van der Waals surface area (Å²) in [6.45, 7) is 6.01. The molecule has 1 aromatic heterocycles. The molecule has 1 aliphatic rings. The number of nitrogens with zero attached hydrogens (tertiary/aromatic N) is 3. The van der Waals surface area contributed by atoms with E-state index in [0.717, 1.165) is 47.6 Å². The van der Waals surface area contributed by atoms with Crippen LogP contribution in [0.5, 0.6) is 0 Å². The molecule has 3 aromatic rings. The van der Waals surface area contributed by atoms with Crippen LogP contribution in [0.2, 0.25) is 0 Å². The predicted molar refractivity (Wildman–Crippen MR) is 111 cm³/mol. The first-order valence-electron chi connectivity index (χ1n) is 9.89. The van der Waals surface area contributed by atoms with Crippen molar-refractivity contribution < 1.29 is 9.18 Å². The molecule has 1 N–H and O–H groups in total. The number of carbonyl (C=O) groups excluding carboxylic acids is 1. The number of carbonyl (C=O) groups is 1. The van der Waals surface area contributed by atoms with E-state index in [1.54, 1.807) is 13.0 Å². The molecule has 0 aliphatic carbocycles. The summed E-state index contributed by atoms with van der Waals surface area (Å²) in [5.41, 5.74) is 4.73. The fourth-order valence-electron chi connectivity index (χ4n) is 3.93. The molecule has 150 valence electrons. The summed E-state index contributed by atoms with van der Waals surface area (Å²) in [6.07, 6.45) is 2.96. The Morgan fingerprint density at radius 1 is 1.24 bits per heavy atom. The molecule has 4 rings (SSSR count). The lowest BCUT2D eigenvalue weighted by Gasteiger charge is -2.16. The first-order valence-corrected chi connectivity index (χ1v) is 9.89. The van der Waals surface area contributed by atoms with Crippen LogP contribution in [0.25, 0.3) is 16.9 Å². The summed E-state index contributed by atoms with van der Waals surface area (Å²) in [7, 11) is 0. The van der Waals surface area contributed by atoms with Crippen LogP contribution < -0.4 is 5.32 Å². The smallest absolute Gasteiger partial charge is 0.217 e. The highest BCUT2D eigenvalue weighted by Crippen LogP contribution is 2.27. The van der Waals surface area contributed by atoms with Gasteiger partial charge in [-0.3, -0.25) is 9.69 Å². The third kappa shape index (κ3) is 4.54. The quantitative estimate of drug-likeness (QED) is 0.720. The summed E-state index contributed by atoms with van der Waals surface area (Å²) in [5, 5.41) is 7.79. The zero-order valence-corrected chi connectivity index (χ0v) is 16.7. The Hall–Kier alpha value is -2.99. The van der Waals surface area contributed by atoms with Gasteiger partial charge in [0.05, 0.1) is 11.4 Å². The lowest BCUT2D eigenvalue weighted by molar-refractivity contribution is -0.119. The van der Waals surface area contributed by atoms with Gasteiger partial charge in [0, 0.05) is 49.9 Å². The van der Waals surface area contributed by atoms with Crippen molar-refractivity contribution in [2.24, 2.45) is 0 Å². The highest BCUT2D eigenvalue weighted by atomic mass is 19.1. The summed E-state index contributed by atoms with van der Waals surface area (Å²) in [6, 6.07) is 14.9. The maximum absolute atomic E-state index is 13.9. The van der Waals surface area contributed by atoms with Crippen molar-refractivity contribution in [3.05, 3.63) is 71.7 Å². The fourth-order valence-corrected chi connectivity index (χ4v) is 3.93. The first-order chi connectivity index (χ1) is 14.0. The molecule has 0 bridgehead atoms. The van der Waals surface area contributed by atoms with Gasteiger partial charge in [-0.25, -0.2) is 9.07 Å². The van der Waals surface area contributed by atoms with Crippen LogP contribution in [0.15, 0.2) is 54.7 Å². The minimum Gasteiger partial charge on any atom is -0.352 e. The van der Waals surface area contributed by atoms with Crippen LogP contribution in [0.1, 0.15) is 24.5 Å². The highest BCUT2D eigenvalue weighted by molar-refractivity contribution is 5.73. The number of nitrogens with one attached hydrogen (secondary N) is 1. The molecule has 29 heavy (non-hydrogen) atoms. The van der Waals surface area contributed by atoms with Gasteiger partial charge in [0.1, 0.15) is 5.82 Å². The van der Waals surface area contributed by atoms with Crippen LogP contribution >= 0.6 is 0 Å². The molecule has 0 spiro atoms. The number of hydrogen-bond donors (Lipinski definition) is 1. The van der Waals surface area contributed by atoms with Gasteiger partial charge in [0.15, 0.2) is 0 Å². The largest absolute Gasteiger partial charge is 0.352 e. The second-order valence-corrected chi connectivity index (χ2v) is 7.72. The molecule has 0 saturated carbocycles. The Morgan fingerprint density at radius 2 is 2.07 bits per heavy atom. The number of aryl methyl sites for hydroxylation is 1.